The lowest BCUT2D eigenvalue weighted by molar-refractivity contribution is 0.0535. The summed E-state index contributed by atoms with van der Waals surface area (Å²) in [4.78, 5) is 0. The number of hydrogen-bond acceptors (Lipinski definition) is 4. The van der Waals surface area contributed by atoms with E-state index in [0.29, 0.717) is 19.8 Å². The highest BCUT2D eigenvalue weighted by atomic mass is 16.5. The van der Waals surface area contributed by atoms with Crippen molar-refractivity contribution in [2.24, 2.45) is 0 Å². The lowest BCUT2D eigenvalue weighted by Gasteiger charge is -2.00. The van der Waals surface area contributed by atoms with Crippen LogP contribution in [0.15, 0.2) is 10.5 Å². The molecule has 96 valence electrons. The highest BCUT2D eigenvalue weighted by Gasteiger charge is 2.20. The molecule has 0 saturated heterocycles. The molecule has 0 radical (unpaired) electrons. The first-order valence-electron chi connectivity index (χ1n) is 6.18. The van der Waals surface area contributed by atoms with E-state index in [4.69, 9.17) is 13.9 Å². The number of rotatable bonds is 8. The van der Waals surface area contributed by atoms with Crippen LogP contribution in [0.3, 0.4) is 0 Å². The molecular weight excluding hydrogens is 218 g/mol. The summed E-state index contributed by atoms with van der Waals surface area (Å²) in [5.41, 5.74) is 1.24. The largest absolute Gasteiger partial charge is 0.464 e. The van der Waals surface area contributed by atoms with Gasteiger partial charge in [-0.15, -0.1) is 0 Å². The van der Waals surface area contributed by atoms with Crippen LogP contribution in [0.5, 0.6) is 0 Å². The van der Waals surface area contributed by atoms with Crippen molar-refractivity contribution in [2.75, 3.05) is 20.3 Å². The van der Waals surface area contributed by atoms with E-state index >= 15 is 0 Å². The Morgan fingerprint density at radius 3 is 2.94 bits per heavy atom. The molecule has 1 aliphatic carbocycles. The third kappa shape index (κ3) is 4.15. The minimum atomic E-state index is 0.521. The van der Waals surface area contributed by atoms with Crippen molar-refractivity contribution in [3.05, 3.63) is 23.2 Å². The summed E-state index contributed by atoms with van der Waals surface area (Å²) in [5, 5.41) is 3.48. The van der Waals surface area contributed by atoms with Gasteiger partial charge in [0, 0.05) is 25.3 Å². The van der Waals surface area contributed by atoms with Gasteiger partial charge in [0.25, 0.3) is 0 Å². The van der Waals surface area contributed by atoms with E-state index in [1.807, 2.05) is 6.92 Å². The van der Waals surface area contributed by atoms with Crippen molar-refractivity contribution >= 4 is 0 Å². The summed E-state index contributed by atoms with van der Waals surface area (Å²) < 4.78 is 16.0. The molecule has 0 aliphatic heterocycles. The maximum Gasteiger partial charge on any atom is 0.130 e. The van der Waals surface area contributed by atoms with E-state index in [1.54, 1.807) is 7.11 Å². The quantitative estimate of drug-likeness (QED) is 0.705. The van der Waals surface area contributed by atoms with Crippen LogP contribution < -0.4 is 5.32 Å². The molecule has 1 saturated carbocycles. The average Bonchev–Trinajstić information content (AvgIpc) is 3.07. The molecule has 1 aromatic heterocycles. The highest BCUT2D eigenvalue weighted by molar-refractivity contribution is 5.20. The van der Waals surface area contributed by atoms with Crippen molar-refractivity contribution in [2.45, 2.75) is 39.0 Å². The lowest BCUT2D eigenvalue weighted by Crippen LogP contribution is -2.15. The first kappa shape index (κ1) is 12.6. The van der Waals surface area contributed by atoms with Crippen LogP contribution in [0.25, 0.3) is 0 Å². The second-order valence-corrected chi connectivity index (χ2v) is 4.49. The predicted octanol–water partition coefficient (Wildman–Crippen LogP) is 2.00. The zero-order valence-electron chi connectivity index (χ0n) is 10.6. The second-order valence-electron chi connectivity index (χ2n) is 4.49. The molecule has 0 amide bonds. The molecule has 0 bridgehead atoms. The minimum Gasteiger partial charge on any atom is -0.464 e. The fourth-order valence-electron chi connectivity index (χ4n) is 1.69. The summed E-state index contributed by atoms with van der Waals surface area (Å²) in [6, 6.07) is 2.81. The zero-order valence-corrected chi connectivity index (χ0v) is 10.6. The normalized spacial score (nSPS) is 15.4. The van der Waals surface area contributed by atoms with Gasteiger partial charge >= 0.3 is 0 Å². The number of furan rings is 1. The van der Waals surface area contributed by atoms with Crippen LogP contribution >= 0.6 is 0 Å². The van der Waals surface area contributed by atoms with Gasteiger partial charge in [-0.05, 0) is 25.8 Å². The Hall–Kier alpha value is -0.840. The number of methoxy groups -OCH3 is 1. The van der Waals surface area contributed by atoms with Gasteiger partial charge in [0.05, 0.1) is 13.2 Å². The molecule has 4 nitrogen and oxygen atoms in total. The molecule has 1 aromatic rings. The Morgan fingerprint density at radius 2 is 2.24 bits per heavy atom. The van der Waals surface area contributed by atoms with Crippen molar-refractivity contribution in [1.29, 1.82) is 0 Å². The number of ether oxygens (including phenoxy) is 2. The third-order valence-electron chi connectivity index (χ3n) is 2.91. The highest BCUT2D eigenvalue weighted by Crippen LogP contribution is 2.21. The fourth-order valence-corrected chi connectivity index (χ4v) is 1.69. The van der Waals surface area contributed by atoms with E-state index in [-0.39, 0.29) is 0 Å². The molecule has 1 heterocycles. The smallest absolute Gasteiger partial charge is 0.130 e. The molecule has 1 aliphatic rings. The predicted molar refractivity (Wildman–Crippen MR) is 64.8 cm³/mol. The molecule has 0 unspecified atom stereocenters. The van der Waals surface area contributed by atoms with Gasteiger partial charge in [-0.2, -0.15) is 0 Å². The molecule has 17 heavy (non-hydrogen) atoms. The Kier molecular flexibility index (Phi) is 4.59. The monoisotopic (exact) mass is 239 g/mol. The molecule has 0 aromatic carbocycles. The number of nitrogens with one attached hydrogen (secondary N) is 1. The van der Waals surface area contributed by atoms with E-state index < -0.39 is 0 Å². The van der Waals surface area contributed by atoms with Gasteiger partial charge in [-0.1, -0.05) is 0 Å². The first-order chi connectivity index (χ1) is 8.29. The number of aryl methyl sites for hydroxylation is 1. The SMILES string of the molecule is COCCOCc1cc(CNC2CC2)c(C)o1. The summed E-state index contributed by atoms with van der Waals surface area (Å²) in [6.07, 6.45) is 2.62. The third-order valence-corrected chi connectivity index (χ3v) is 2.91. The molecular formula is C13H21NO3. The lowest BCUT2D eigenvalue weighted by atomic mass is 10.2. The standard InChI is InChI=1S/C13H21NO3/c1-10-11(8-14-12-3-4-12)7-13(17-10)9-16-6-5-15-2/h7,12,14H,3-6,8-9H2,1-2H3. The topological polar surface area (TPSA) is 43.6 Å². The van der Waals surface area contributed by atoms with Crippen LogP contribution in [0.4, 0.5) is 0 Å². The Bertz CT molecular complexity index is 344. The van der Waals surface area contributed by atoms with Gasteiger partial charge in [-0.3, -0.25) is 0 Å². The van der Waals surface area contributed by atoms with Crippen LogP contribution in [-0.2, 0) is 22.6 Å². The molecule has 1 N–H and O–H groups in total. The second kappa shape index (κ2) is 6.19. The fraction of sp³-hybridized carbons (Fsp3) is 0.692. The van der Waals surface area contributed by atoms with Crippen molar-refractivity contribution in [1.82, 2.24) is 5.32 Å². The summed E-state index contributed by atoms with van der Waals surface area (Å²) in [6.45, 7) is 4.65. The molecule has 1 fully saturated rings. The maximum absolute atomic E-state index is 5.64. The summed E-state index contributed by atoms with van der Waals surface area (Å²) >= 11 is 0. The van der Waals surface area contributed by atoms with Crippen LogP contribution in [0, 0.1) is 6.92 Å². The van der Waals surface area contributed by atoms with Gasteiger partial charge < -0.3 is 19.2 Å². The van der Waals surface area contributed by atoms with Gasteiger partial charge in [0.1, 0.15) is 18.1 Å². The number of hydrogen-bond donors (Lipinski definition) is 1. The summed E-state index contributed by atoms with van der Waals surface area (Å²) in [7, 11) is 1.67. The van der Waals surface area contributed by atoms with Crippen molar-refractivity contribution < 1.29 is 13.9 Å². The van der Waals surface area contributed by atoms with Crippen molar-refractivity contribution in [3.63, 3.8) is 0 Å². The van der Waals surface area contributed by atoms with Gasteiger partial charge in [0.15, 0.2) is 0 Å². The van der Waals surface area contributed by atoms with Gasteiger partial charge in [-0.25, -0.2) is 0 Å². The summed E-state index contributed by atoms with van der Waals surface area (Å²) in [5.74, 6) is 1.88. The van der Waals surface area contributed by atoms with E-state index in [0.717, 1.165) is 24.1 Å². The van der Waals surface area contributed by atoms with E-state index in [1.165, 1.54) is 18.4 Å². The van der Waals surface area contributed by atoms with Gasteiger partial charge in [0.2, 0.25) is 0 Å². The maximum atomic E-state index is 5.64. The van der Waals surface area contributed by atoms with Crippen LogP contribution in [0.2, 0.25) is 0 Å². The van der Waals surface area contributed by atoms with Crippen molar-refractivity contribution in [3.8, 4) is 0 Å². The first-order valence-corrected chi connectivity index (χ1v) is 6.18. The zero-order chi connectivity index (χ0) is 12.1. The Morgan fingerprint density at radius 1 is 1.41 bits per heavy atom. The Labute approximate surface area is 102 Å². The average molecular weight is 239 g/mol. The Balaban J connectivity index is 1.75. The van der Waals surface area contributed by atoms with Crippen LogP contribution in [-0.4, -0.2) is 26.4 Å². The molecule has 0 atom stereocenters. The molecule has 4 heteroatoms. The molecule has 0 spiro atoms. The van der Waals surface area contributed by atoms with Crippen LogP contribution in [0.1, 0.15) is 29.9 Å². The minimum absolute atomic E-state index is 0.521. The van der Waals surface area contributed by atoms with E-state index in [2.05, 4.69) is 11.4 Å². The van der Waals surface area contributed by atoms with E-state index in [9.17, 15) is 0 Å². The molecule has 2 rings (SSSR count).